The van der Waals surface area contributed by atoms with Gasteiger partial charge in [-0.2, -0.15) is 0 Å². The van der Waals surface area contributed by atoms with Gasteiger partial charge in [-0.1, -0.05) is 18.2 Å². The molecule has 1 aliphatic heterocycles. The Morgan fingerprint density at radius 3 is 2.89 bits per heavy atom. The second-order valence-corrected chi connectivity index (χ2v) is 7.60. The van der Waals surface area contributed by atoms with E-state index in [2.05, 4.69) is 4.98 Å². The molecule has 1 amide bonds. The van der Waals surface area contributed by atoms with Crippen LogP contribution in [-0.4, -0.2) is 39.5 Å². The normalized spacial score (nSPS) is 16.4. The van der Waals surface area contributed by atoms with E-state index in [4.69, 9.17) is 4.74 Å². The summed E-state index contributed by atoms with van der Waals surface area (Å²) in [6, 6.07) is 11.0. The molecule has 3 aromatic rings. The van der Waals surface area contributed by atoms with Crippen LogP contribution in [0.5, 0.6) is 0 Å². The number of hydrogen-bond acceptors (Lipinski definition) is 6. The van der Waals surface area contributed by atoms with Crippen LogP contribution in [0.2, 0.25) is 0 Å². The minimum atomic E-state index is -0.639. The number of fused-ring (bicyclic) bond motifs is 1. The number of esters is 1. The molecule has 1 atom stereocenters. The number of amides is 1. The van der Waals surface area contributed by atoms with Gasteiger partial charge in [0.05, 0.1) is 23.3 Å². The number of benzene rings is 1. The number of hydrogen-bond donors (Lipinski definition) is 0. The van der Waals surface area contributed by atoms with Gasteiger partial charge in [0, 0.05) is 11.4 Å². The Balaban J connectivity index is 1.37. The average Bonchev–Trinajstić information content (AvgIpc) is 3.40. The first kappa shape index (κ1) is 18.4. The molecule has 0 radical (unpaired) electrons. The van der Waals surface area contributed by atoms with Crippen LogP contribution in [0.1, 0.15) is 23.8 Å². The fraction of sp³-hybridized carbons (Fsp3) is 0.300. The number of nitrogens with zero attached hydrogens (tertiary/aromatic N) is 3. The molecule has 1 aliphatic rings. The lowest BCUT2D eigenvalue weighted by atomic mass is 10.2. The van der Waals surface area contributed by atoms with Gasteiger partial charge in [-0.3, -0.25) is 19.0 Å². The van der Waals surface area contributed by atoms with Crippen molar-refractivity contribution in [2.75, 3.05) is 13.2 Å². The maximum atomic E-state index is 12.5. The van der Waals surface area contributed by atoms with Crippen LogP contribution in [0.4, 0.5) is 0 Å². The number of carbonyl (C=O) groups excluding carboxylic acids is 2. The Kier molecular flexibility index (Phi) is 5.21. The molecule has 3 heterocycles. The molecule has 28 heavy (non-hydrogen) atoms. The highest BCUT2D eigenvalue weighted by Gasteiger charge is 2.31. The van der Waals surface area contributed by atoms with Crippen molar-refractivity contribution in [2.24, 2.45) is 0 Å². The Hall–Kier alpha value is -3.00. The molecule has 1 aromatic carbocycles. The van der Waals surface area contributed by atoms with E-state index >= 15 is 0 Å². The molecule has 0 aliphatic carbocycles. The summed E-state index contributed by atoms with van der Waals surface area (Å²) in [5.74, 6) is -0.854. The average molecular weight is 397 g/mol. The number of thiophene rings is 1. The summed E-state index contributed by atoms with van der Waals surface area (Å²) in [7, 11) is 0. The van der Waals surface area contributed by atoms with E-state index < -0.39 is 5.97 Å². The third-order valence-corrected chi connectivity index (χ3v) is 5.81. The SMILES string of the molecule is O=C(Cn1cnc2ccccc2c1=O)OCC(=O)N1CCCC1c1cccs1. The second kappa shape index (κ2) is 7.93. The number of aromatic nitrogens is 2. The van der Waals surface area contributed by atoms with Crippen molar-refractivity contribution in [3.63, 3.8) is 0 Å². The molecule has 1 saturated heterocycles. The number of ether oxygens (including phenoxy) is 1. The summed E-state index contributed by atoms with van der Waals surface area (Å²) in [4.78, 5) is 44.2. The van der Waals surface area contributed by atoms with Gasteiger partial charge in [0.25, 0.3) is 11.5 Å². The van der Waals surface area contributed by atoms with E-state index in [1.54, 1.807) is 40.5 Å². The van der Waals surface area contributed by atoms with Gasteiger partial charge < -0.3 is 9.64 Å². The van der Waals surface area contributed by atoms with Crippen LogP contribution in [0.3, 0.4) is 0 Å². The van der Waals surface area contributed by atoms with Gasteiger partial charge in [0.1, 0.15) is 6.54 Å². The summed E-state index contributed by atoms with van der Waals surface area (Å²) >= 11 is 1.62. The lowest BCUT2D eigenvalue weighted by Crippen LogP contribution is -2.35. The van der Waals surface area contributed by atoms with Crippen molar-refractivity contribution in [1.82, 2.24) is 14.5 Å². The van der Waals surface area contributed by atoms with Gasteiger partial charge in [-0.05, 0) is 36.4 Å². The molecule has 8 heteroatoms. The third kappa shape index (κ3) is 3.68. The molecule has 4 rings (SSSR count). The molecule has 1 fully saturated rings. The van der Waals surface area contributed by atoms with E-state index in [0.29, 0.717) is 17.4 Å². The topological polar surface area (TPSA) is 81.5 Å². The minimum Gasteiger partial charge on any atom is -0.454 e. The summed E-state index contributed by atoms with van der Waals surface area (Å²) in [6.45, 7) is 0.0573. The van der Waals surface area contributed by atoms with Crippen LogP contribution in [0, 0.1) is 0 Å². The zero-order valence-electron chi connectivity index (χ0n) is 15.1. The Morgan fingerprint density at radius 2 is 2.07 bits per heavy atom. The molecular formula is C20H19N3O4S. The van der Waals surface area contributed by atoms with Crippen LogP contribution in [0.25, 0.3) is 10.9 Å². The first-order chi connectivity index (χ1) is 13.6. The lowest BCUT2D eigenvalue weighted by Gasteiger charge is -2.23. The molecular weight excluding hydrogens is 378 g/mol. The van der Waals surface area contributed by atoms with Gasteiger partial charge >= 0.3 is 5.97 Å². The van der Waals surface area contributed by atoms with Gasteiger partial charge in [0.15, 0.2) is 6.61 Å². The number of para-hydroxylation sites is 1. The lowest BCUT2D eigenvalue weighted by molar-refractivity contribution is -0.153. The molecule has 144 valence electrons. The molecule has 7 nitrogen and oxygen atoms in total. The molecule has 0 bridgehead atoms. The van der Waals surface area contributed by atoms with Crippen molar-refractivity contribution in [2.45, 2.75) is 25.4 Å². The highest BCUT2D eigenvalue weighted by atomic mass is 32.1. The molecule has 0 saturated carbocycles. The molecule has 2 aromatic heterocycles. The predicted octanol–water partition coefficient (Wildman–Crippen LogP) is 2.36. The van der Waals surface area contributed by atoms with Crippen molar-refractivity contribution in [3.05, 3.63) is 63.3 Å². The quantitative estimate of drug-likeness (QED) is 0.618. The second-order valence-electron chi connectivity index (χ2n) is 6.62. The summed E-state index contributed by atoms with van der Waals surface area (Å²) in [5.41, 5.74) is 0.257. The van der Waals surface area contributed by atoms with E-state index in [-0.39, 0.29) is 30.7 Å². The smallest absolute Gasteiger partial charge is 0.326 e. The standard InChI is InChI=1S/C20H19N3O4S/c24-18(23-9-3-7-16(23)17-8-4-10-28-17)12-27-19(25)11-22-13-21-15-6-2-1-5-14(15)20(22)26/h1-2,4-6,8,10,13,16H,3,7,9,11-12H2. The van der Waals surface area contributed by atoms with Crippen molar-refractivity contribution < 1.29 is 14.3 Å². The summed E-state index contributed by atoms with van der Waals surface area (Å²) < 4.78 is 6.33. The highest BCUT2D eigenvalue weighted by Crippen LogP contribution is 2.34. The number of carbonyl (C=O) groups is 2. The van der Waals surface area contributed by atoms with E-state index in [0.717, 1.165) is 17.7 Å². The van der Waals surface area contributed by atoms with Crippen LogP contribution in [-0.2, 0) is 20.9 Å². The van der Waals surface area contributed by atoms with Crippen molar-refractivity contribution >= 4 is 34.1 Å². The summed E-state index contributed by atoms with van der Waals surface area (Å²) in [6.07, 6.45) is 3.17. The van der Waals surface area contributed by atoms with Crippen LogP contribution < -0.4 is 5.56 Å². The largest absolute Gasteiger partial charge is 0.454 e. The molecule has 0 N–H and O–H groups in total. The predicted molar refractivity (Wildman–Crippen MR) is 105 cm³/mol. The maximum Gasteiger partial charge on any atom is 0.326 e. The van der Waals surface area contributed by atoms with Gasteiger partial charge in [0.2, 0.25) is 0 Å². The molecule has 1 unspecified atom stereocenters. The first-order valence-corrected chi connectivity index (χ1v) is 9.94. The fourth-order valence-corrected chi connectivity index (χ4v) is 4.34. The Bertz CT molecular complexity index is 1060. The number of likely N-dealkylation sites (tertiary alicyclic amines) is 1. The highest BCUT2D eigenvalue weighted by molar-refractivity contribution is 7.10. The van der Waals surface area contributed by atoms with E-state index in [9.17, 15) is 14.4 Å². The fourth-order valence-electron chi connectivity index (χ4n) is 3.47. The van der Waals surface area contributed by atoms with Crippen molar-refractivity contribution in [1.29, 1.82) is 0 Å². The van der Waals surface area contributed by atoms with Gasteiger partial charge in [-0.25, -0.2) is 4.98 Å². The Labute approximate surface area is 165 Å². The van der Waals surface area contributed by atoms with Crippen LogP contribution >= 0.6 is 11.3 Å². The maximum absolute atomic E-state index is 12.5. The monoisotopic (exact) mass is 397 g/mol. The third-order valence-electron chi connectivity index (χ3n) is 4.83. The Morgan fingerprint density at radius 1 is 1.21 bits per heavy atom. The van der Waals surface area contributed by atoms with E-state index in [1.165, 1.54) is 10.9 Å². The van der Waals surface area contributed by atoms with Crippen molar-refractivity contribution in [3.8, 4) is 0 Å². The van der Waals surface area contributed by atoms with Crippen LogP contribution in [0.15, 0.2) is 52.9 Å². The molecule has 0 spiro atoms. The van der Waals surface area contributed by atoms with E-state index in [1.807, 2.05) is 17.5 Å². The van der Waals surface area contributed by atoms with Gasteiger partial charge in [-0.15, -0.1) is 11.3 Å². The summed E-state index contributed by atoms with van der Waals surface area (Å²) in [5, 5.41) is 2.43. The minimum absolute atomic E-state index is 0.0542. The first-order valence-electron chi connectivity index (χ1n) is 9.06. The zero-order chi connectivity index (χ0) is 19.5. The zero-order valence-corrected chi connectivity index (χ0v) is 15.9. The number of rotatable bonds is 5.